The van der Waals surface area contributed by atoms with Crippen LogP contribution in [0.3, 0.4) is 0 Å². The molecule has 1 unspecified atom stereocenters. The standard InChI is InChI=1S/C8H14N2O2/c11-8-7-6-12-5-4-10(7)3-1-2-9-8/h7H,1-6H2,(H,9,11). The fraction of sp³-hybridized carbons (Fsp3) is 0.875. The lowest BCUT2D eigenvalue weighted by atomic mass is 10.2. The van der Waals surface area contributed by atoms with Gasteiger partial charge in [-0.3, -0.25) is 9.69 Å². The lowest BCUT2D eigenvalue weighted by Crippen LogP contribution is -2.51. The van der Waals surface area contributed by atoms with Crippen LogP contribution in [0.1, 0.15) is 6.42 Å². The summed E-state index contributed by atoms with van der Waals surface area (Å²) in [5, 5.41) is 2.88. The van der Waals surface area contributed by atoms with Crippen molar-refractivity contribution >= 4 is 5.91 Å². The molecule has 0 aromatic rings. The van der Waals surface area contributed by atoms with E-state index in [1.54, 1.807) is 0 Å². The summed E-state index contributed by atoms with van der Waals surface area (Å²) in [6.07, 6.45) is 1.06. The molecule has 0 aromatic heterocycles. The van der Waals surface area contributed by atoms with E-state index < -0.39 is 0 Å². The number of hydrogen-bond acceptors (Lipinski definition) is 3. The molecule has 0 spiro atoms. The van der Waals surface area contributed by atoms with Crippen LogP contribution in [0.2, 0.25) is 0 Å². The Bertz CT molecular complexity index is 184. The minimum atomic E-state index is -0.0266. The molecule has 0 radical (unpaired) electrons. The Morgan fingerprint density at radius 1 is 1.50 bits per heavy atom. The van der Waals surface area contributed by atoms with Gasteiger partial charge in [0.05, 0.1) is 13.2 Å². The first-order valence-electron chi connectivity index (χ1n) is 4.47. The van der Waals surface area contributed by atoms with Gasteiger partial charge in [-0.05, 0) is 6.42 Å². The molecule has 0 saturated carbocycles. The highest BCUT2D eigenvalue weighted by Gasteiger charge is 2.30. The Hall–Kier alpha value is -0.610. The monoisotopic (exact) mass is 170 g/mol. The number of carbonyl (C=O) groups is 1. The van der Waals surface area contributed by atoms with Crippen LogP contribution in [0.5, 0.6) is 0 Å². The second-order valence-electron chi connectivity index (χ2n) is 3.27. The van der Waals surface area contributed by atoms with Gasteiger partial charge in [0.2, 0.25) is 5.91 Å². The summed E-state index contributed by atoms with van der Waals surface area (Å²) in [5.41, 5.74) is 0. The maximum Gasteiger partial charge on any atom is 0.239 e. The summed E-state index contributed by atoms with van der Waals surface area (Å²) in [4.78, 5) is 13.6. The summed E-state index contributed by atoms with van der Waals surface area (Å²) in [6, 6.07) is -0.0266. The van der Waals surface area contributed by atoms with Crippen molar-refractivity contribution in [3.63, 3.8) is 0 Å². The Labute approximate surface area is 71.9 Å². The minimum Gasteiger partial charge on any atom is -0.378 e. The van der Waals surface area contributed by atoms with Gasteiger partial charge >= 0.3 is 0 Å². The normalized spacial score (nSPS) is 32.0. The number of amides is 1. The molecule has 1 atom stereocenters. The molecular formula is C8H14N2O2. The zero-order chi connectivity index (χ0) is 8.39. The third-order valence-corrected chi connectivity index (χ3v) is 2.46. The molecule has 2 saturated heterocycles. The Balaban J connectivity index is 2.06. The Morgan fingerprint density at radius 2 is 2.42 bits per heavy atom. The van der Waals surface area contributed by atoms with Crippen molar-refractivity contribution in [2.24, 2.45) is 0 Å². The van der Waals surface area contributed by atoms with Crippen LogP contribution in [-0.4, -0.2) is 49.7 Å². The second-order valence-corrected chi connectivity index (χ2v) is 3.27. The summed E-state index contributed by atoms with van der Waals surface area (Å²) >= 11 is 0. The van der Waals surface area contributed by atoms with E-state index >= 15 is 0 Å². The highest BCUT2D eigenvalue weighted by Crippen LogP contribution is 2.09. The van der Waals surface area contributed by atoms with Gasteiger partial charge in [0, 0.05) is 19.6 Å². The van der Waals surface area contributed by atoms with Gasteiger partial charge in [0.25, 0.3) is 0 Å². The van der Waals surface area contributed by atoms with Crippen LogP contribution in [-0.2, 0) is 9.53 Å². The molecule has 2 aliphatic heterocycles. The highest BCUT2D eigenvalue weighted by atomic mass is 16.5. The first kappa shape index (κ1) is 8.01. The first-order chi connectivity index (χ1) is 5.88. The average Bonchev–Trinajstić information content (AvgIpc) is 2.29. The molecule has 0 aromatic carbocycles. The van der Waals surface area contributed by atoms with E-state index in [4.69, 9.17) is 4.74 Å². The summed E-state index contributed by atoms with van der Waals surface area (Å²) in [5.74, 6) is 0.132. The van der Waals surface area contributed by atoms with Crippen LogP contribution in [0, 0.1) is 0 Å². The van der Waals surface area contributed by atoms with E-state index in [1.165, 1.54) is 0 Å². The Kier molecular flexibility index (Phi) is 2.28. The van der Waals surface area contributed by atoms with Crippen molar-refractivity contribution in [2.75, 3.05) is 32.8 Å². The molecule has 1 amide bonds. The molecule has 2 heterocycles. The summed E-state index contributed by atoms with van der Waals surface area (Å²) in [7, 11) is 0. The topological polar surface area (TPSA) is 41.6 Å². The number of carbonyl (C=O) groups excluding carboxylic acids is 1. The van der Waals surface area contributed by atoms with Gasteiger partial charge in [0.1, 0.15) is 6.04 Å². The SMILES string of the molecule is O=C1NCCCN2CCOCC12. The number of rotatable bonds is 0. The summed E-state index contributed by atoms with van der Waals surface area (Å²) < 4.78 is 5.26. The molecule has 0 aliphatic carbocycles. The number of hydrogen-bond donors (Lipinski definition) is 1. The predicted octanol–water partition coefficient (Wildman–Crippen LogP) is -0.793. The summed E-state index contributed by atoms with van der Waals surface area (Å²) in [6.45, 7) is 4.06. The van der Waals surface area contributed by atoms with Gasteiger partial charge in [-0.1, -0.05) is 0 Å². The molecule has 2 aliphatic rings. The van der Waals surface area contributed by atoms with E-state index in [0.29, 0.717) is 6.61 Å². The van der Waals surface area contributed by atoms with Crippen molar-refractivity contribution < 1.29 is 9.53 Å². The van der Waals surface area contributed by atoms with E-state index in [2.05, 4.69) is 10.2 Å². The smallest absolute Gasteiger partial charge is 0.239 e. The molecule has 4 heteroatoms. The number of ether oxygens (including phenoxy) is 1. The first-order valence-corrected chi connectivity index (χ1v) is 4.47. The minimum absolute atomic E-state index is 0.0266. The molecule has 1 N–H and O–H groups in total. The van der Waals surface area contributed by atoms with Crippen molar-refractivity contribution in [1.82, 2.24) is 10.2 Å². The van der Waals surface area contributed by atoms with Crippen LogP contribution >= 0.6 is 0 Å². The molecule has 4 nitrogen and oxygen atoms in total. The molecule has 68 valence electrons. The van der Waals surface area contributed by atoms with Crippen LogP contribution in [0.15, 0.2) is 0 Å². The van der Waals surface area contributed by atoms with Gasteiger partial charge in [-0.25, -0.2) is 0 Å². The van der Waals surface area contributed by atoms with Gasteiger partial charge in [0.15, 0.2) is 0 Å². The number of morpholine rings is 1. The molecule has 2 rings (SSSR count). The zero-order valence-corrected chi connectivity index (χ0v) is 7.08. The molecular weight excluding hydrogens is 156 g/mol. The molecule has 12 heavy (non-hydrogen) atoms. The maximum atomic E-state index is 11.4. The maximum absolute atomic E-state index is 11.4. The molecule has 2 fully saturated rings. The van der Waals surface area contributed by atoms with Gasteiger partial charge < -0.3 is 10.1 Å². The fourth-order valence-electron chi connectivity index (χ4n) is 1.76. The zero-order valence-electron chi connectivity index (χ0n) is 7.08. The van der Waals surface area contributed by atoms with Gasteiger partial charge in [-0.2, -0.15) is 0 Å². The number of nitrogens with zero attached hydrogens (tertiary/aromatic N) is 1. The van der Waals surface area contributed by atoms with E-state index in [9.17, 15) is 4.79 Å². The van der Waals surface area contributed by atoms with Crippen molar-refractivity contribution in [3.05, 3.63) is 0 Å². The third-order valence-electron chi connectivity index (χ3n) is 2.46. The van der Waals surface area contributed by atoms with Crippen molar-refractivity contribution in [2.45, 2.75) is 12.5 Å². The number of nitrogens with one attached hydrogen (secondary N) is 1. The lowest BCUT2D eigenvalue weighted by molar-refractivity contribution is -0.130. The highest BCUT2D eigenvalue weighted by molar-refractivity contribution is 5.82. The fourth-order valence-corrected chi connectivity index (χ4v) is 1.76. The lowest BCUT2D eigenvalue weighted by Gasteiger charge is -2.32. The van der Waals surface area contributed by atoms with Crippen molar-refractivity contribution in [3.8, 4) is 0 Å². The van der Waals surface area contributed by atoms with Crippen LogP contribution in [0.25, 0.3) is 0 Å². The van der Waals surface area contributed by atoms with E-state index in [0.717, 1.165) is 32.7 Å². The quantitative estimate of drug-likeness (QED) is 0.518. The van der Waals surface area contributed by atoms with Crippen LogP contribution in [0.4, 0.5) is 0 Å². The van der Waals surface area contributed by atoms with Gasteiger partial charge in [-0.15, -0.1) is 0 Å². The molecule has 0 bridgehead atoms. The Morgan fingerprint density at radius 3 is 3.33 bits per heavy atom. The van der Waals surface area contributed by atoms with E-state index in [1.807, 2.05) is 0 Å². The average molecular weight is 170 g/mol. The predicted molar refractivity (Wildman–Crippen MR) is 43.8 cm³/mol. The number of fused-ring (bicyclic) bond motifs is 1. The second kappa shape index (κ2) is 3.41. The van der Waals surface area contributed by atoms with E-state index in [-0.39, 0.29) is 11.9 Å². The van der Waals surface area contributed by atoms with Crippen molar-refractivity contribution in [1.29, 1.82) is 0 Å². The van der Waals surface area contributed by atoms with Crippen LogP contribution < -0.4 is 5.32 Å². The largest absolute Gasteiger partial charge is 0.378 e. The third kappa shape index (κ3) is 1.44.